The summed E-state index contributed by atoms with van der Waals surface area (Å²) in [5, 5.41) is 7.48. The predicted octanol–water partition coefficient (Wildman–Crippen LogP) is 2.64. The van der Waals surface area contributed by atoms with Crippen molar-refractivity contribution in [2.45, 2.75) is 16.2 Å². The molecular formula is C23H20N4O3S. The Labute approximate surface area is 179 Å². The van der Waals surface area contributed by atoms with Gasteiger partial charge in [0.15, 0.2) is 0 Å². The lowest BCUT2D eigenvalue weighted by molar-refractivity contribution is 0.596. The van der Waals surface area contributed by atoms with Gasteiger partial charge in [0, 0.05) is 19.0 Å². The van der Waals surface area contributed by atoms with Crippen molar-refractivity contribution in [3.8, 4) is 0 Å². The molecule has 3 aromatic carbocycles. The maximum Gasteiger partial charge on any atom is 0.272 e. The number of aromatic nitrogens is 2. The lowest BCUT2D eigenvalue weighted by Crippen LogP contribution is -2.23. The van der Waals surface area contributed by atoms with Gasteiger partial charge in [-0.25, -0.2) is 13.4 Å². The van der Waals surface area contributed by atoms with Crippen LogP contribution in [-0.4, -0.2) is 23.8 Å². The first-order chi connectivity index (χ1) is 14.8. The number of hydrogen-bond donors (Lipinski definition) is 2. The third-order valence-electron chi connectivity index (χ3n) is 5.12. The minimum Gasteiger partial charge on any atom is -0.384 e. The van der Waals surface area contributed by atoms with Crippen LogP contribution in [0.25, 0.3) is 11.0 Å². The van der Waals surface area contributed by atoms with Crippen molar-refractivity contribution < 1.29 is 8.42 Å². The number of rotatable bonds is 5. The number of nitrogens with zero attached hydrogens (tertiary/aromatic N) is 2. The maximum absolute atomic E-state index is 13.0. The van der Waals surface area contributed by atoms with Gasteiger partial charge in [-0.05, 0) is 35.9 Å². The van der Waals surface area contributed by atoms with Crippen molar-refractivity contribution >= 4 is 26.7 Å². The van der Waals surface area contributed by atoms with E-state index in [9.17, 15) is 13.2 Å². The maximum atomic E-state index is 13.0. The number of nitrogens with two attached hydrogens (primary N) is 1. The molecular weight excluding hydrogens is 412 g/mol. The van der Waals surface area contributed by atoms with Gasteiger partial charge in [-0.15, -0.1) is 0 Å². The average molecular weight is 433 g/mol. The molecule has 0 atom stereocenters. The molecule has 0 saturated heterocycles. The topological polar surface area (TPSA) is 119 Å². The molecule has 0 aliphatic heterocycles. The summed E-state index contributed by atoms with van der Waals surface area (Å²) in [6.07, 6.45) is 0.274. The fourth-order valence-corrected chi connectivity index (χ4v) is 4.69. The van der Waals surface area contributed by atoms with Gasteiger partial charge in [0.2, 0.25) is 9.84 Å². The van der Waals surface area contributed by atoms with Crippen molar-refractivity contribution in [2.75, 3.05) is 0 Å². The van der Waals surface area contributed by atoms with Crippen molar-refractivity contribution in [3.63, 3.8) is 0 Å². The molecule has 7 nitrogen and oxygen atoms in total. The van der Waals surface area contributed by atoms with Crippen LogP contribution in [-0.2, 0) is 23.3 Å². The minimum absolute atomic E-state index is 0.0292. The van der Waals surface area contributed by atoms with Crippen molar-refractivity contribution in [1.29, 1.82) is 5.41 Å². The predicted molar refractivity (Wildman–Crippen MR) is 119 cm³/mol. The van der Waals surface area contributed by atoms with E-state index in [4.69, 9.17) is 11.1 Å². The first kappa shape index (κ1) is 20.5. The molecule has 1 heterocycles. The summed E-state index contributed by atoms with van der Waals surface area (Å²) < 4.78 is 27.4. The van der Waals surface area contributed by atoms with E-state index in [0.717, 1.165) is 5.56 Å². The smallest absolute Gasteiger partial charge is 0.272 e. The van der Waals surface area contributed by atoms with Crippen LogP contribution >= 0.6 is 0 Å². The highest BCUT2D eigenvalue weighted by atomic mass is 32.2. The lowest BCUT2D eigenvalue weighted by Gasteiger charge is -2.10. The van der Waals surface area contributed by atoms with E-state index >= 15 is 0 Å². The highest BCUT2D eigenvalue weighted by Crippen LogP contribution is 2.23. The van der Waals surface area contributed by atoms with Crippen molar-refractivity contribution in [2.24, 2.45) is 12.8 Å². The van der Waals surface area contributed by atoms with E-state index in [-0.39, 0.29) is 27.6 Å². The molecule has 4 aromatic rings. The number of amidine groups is 1. The van der Waals surface area contributed by atoms with Crippen LogP contribution in [0, 0.1) is 5.41 Å². The van der Waals surface area contributed by atoms with Crippen LogP contribution < -0.4 is 11.3 Å². The molecule has 3 N–H and O–H groups in total. The molecule has 0 bridgehead atoms. The quantitative estimate of drug-likeness (QED) is 0.371. The lowest BCUT2D eigenvalue weighted by atomic mass is 10.1. The first-order valence-electron chi connectivity index (χ1n) is 9.50. The van der Waals surface area contributed by atoms with Crippen LogP contribution in [0.5, 0.6) is 0 Å². The van der Waals surface area contributed by atoms with Gasteiger partial charge in [0.25, 0.3) is 5.56 Å². The summed E-state index contributed by atoms with van der Waals surface area (Å²) >= 11 is 0. The largest absolute Gasteiger partial charge is 0.384 e. The zero-order valence-corrected chi connectivity index (χ0v) is 17.6. The van der Waals surface area contributed by atoms with Gasteiger partial charge in [-0.2, -0.15) is 0 Å². The molecule has 0 unspecified atom stereocenters. The third-order valence-corrected chi connectivity index (χ3v) is 6.88. The van der Waals surface area contributed by atoms with Gasteiger partial charge >= 0.3 is 0 Å². The Bertz CT molecular complexity index is 1460. The fraction of sp³-hybridized carbons (Fsp3) is 0.0870. The standard InChI is InChI=1S/C23H20N4O3S/c1-27-21-12-11-18(31(29,30)17-5-3-2-4-6-17)14-19(21)26-20(23(27)28)13-15-7-9-16(10-8-15)22(24)25/h2-12,14H,13H2,1H3,(H3,24,25). The number of hydrogen-bond acceptors (Lipinski definition) is 5. The Hall–Kier alpha value is -3.78. The number of sulfone groups is 1. The summed E-state index contributed by atoms with van der Waals surface area (Å²) in [5.74, 6) is -0.0292. The summed E-state index contributed by atoms with van der Waals surface area (Å²) in [7, 11) is -2.06. The first-order valence-corrected chi connectivity index (χ1v) is 11.0. The highest BCUT2D eigenvalue weighted by molar-refractivity contribution is 7.91. The van der Waals surface area contributed by atoms with Crippen LogP contribution in [0.1, 0.15) is 16.8 Å². The third kappa shape index (κ3) is 3.85. The summed E-state index contributed by atoms with van der Waals surface area (Å²) in [5.41, 5.74) is 7.95. The van der Waals surface area contributed by atoms with E-state index in [1.807, 2.05) is 0 Å². The Kier molecular flexibility index (Phi) is 5.16. The minimum atomic E-state index is -3.70. The SMILES string of the molecule is Cn1c(=O)c(Cc2ccc(C(=N)N)cc2)nc2cc(S(=O)(=O)c3ccccc3)ccc21. The van der Waals surface area contributed by atoms with Gasteiger partial charge in [0.1, 0.15) is 11.5 Å². The molecule has 1 aromatic heterocycles. The molecule has 8 heteroatoms. The molecule has 0 spiro atoms. The Morgan fingerprint density at radius 3 is 2.32 bits per heavy atom. The molecule has 0 saturated carbocycles. The van der Waals surface area contributed by atoms with Gasteiger partial charge in [0.05, 0.1) is 20.8 Å². The van der Waals surface area contributed by atoms with E-state index < -0.39 is 9.84 Å². The molecule has 0 radical (unpaired) electrons. The molecule has 0 amide bonds. The van der Waals surface area contributed by atoms with Crippen LogP contribution in [0.2, 0.25) is 0 Å². The molecule has 31 heavy (non-hydrogen) atoms. The number of benzene rings is 3. The van der Waals surface area contributed by atoms with Crippen molar-refractivity contribution in [3.05, 3.63) is 100.0 Å². The number of aryl methyl sites for hydroxylation is 1. The summed E-state index contributed by atoms with van der Waals surface area (Å²) in [6.45, 7) is 0. The fourth-order valence-electron chi connectivity index (χ4n) is 3.39. The second-order valence-corrected chi connectivity index (χ2v) is 9.13. The summed E-state index contributed by atoms with van der Waals surface area (Å²) in [4.78, 5) is 17.6. The average Bonchev–Trinajstić information content (AvgIpc) is 2.78. The highest BCUT2D eigenvalue weighted by Gasteiger charge is 2.19. The second-order valence-electron chi connectivity index (χ2n) is 7.18. The zero-order chi connectivity index (χ0) is 22.2. The zero-order valence-electron chi connectivity index (χ0n) is 16.7. The van der Waals surface area contributed by atoms with Crippen LogP contribution in [0.15, 0.2) is 87.4 Å². The van der Waals surface area contributed by atoms with Crippen LogP contribution in [0.4, 0.5) is 0 Å². The van der Waals surface area contributed by atoms with E-state index in [2.05, 4.69) is 4.98 Å². The Morgan fingerprint density at radius 1 is 1.00 bits per heavy atom. The molecule has 156 valence electrons. The molecule has 0 aliphatic carbocycles. The Morgan fingerprint density at radius 2 is 1.68 bits per heavy atom. The summed E-state index contributed by atoms with van der Waals surface area (Å²) in [6, 6.07) is 19.8. The van der Waals surface area contributed by atoms with E-state index in [1.165, 1.54) is 16.7 Å². The van der Waals surface area contributed by atoms with Gasteiger partial charge in [-0.1, -0.05) is 42.5 Å². The normalized spacial score (nSPS) is 11.5. The van der Waals surface area contributed by atoms with E-state index in [1.54, 1.807) is 67.7 Å². The van der Waals surface area contributed by atoms with Gasteiger partial charge in [-0.3, -0.25) is 10.2 Å². The Balaban J connectivity index is 1.78. The van der Waals surface area contributed by atoms with Gasteiger partial charge < -0.3 is 10.3 Å². The second kappa shape index (κ2) is 7.81. The number of fused-ring (bicyclic) bond motifs is 1. The number of nitrogens with one attached hydrogen (secondary N) is 1. The molecule has 0 fully saturated rings. The molecule has 4 rings (SSSR count). The van der Waals surface area contributed by atoms with Crippen molar-refractivity contribution in [1.82, 2.24) is 9.55 Å². The number of nitrogen functional groups attached to an aromatic ring is 1. The van der Waals surface area contributed by atoms with E-state index in [0.29, 0.717) is 22.3 Å². The molecule has 0 aliphatic rings. The monoisotopic (exact) mass is 432 g/mol. The van der Waals surface area contributed by atoms with Crippen LogP contribution in [0.3, 0.4) is 0 Å².